The van der Waals surface area contributed by atoms with Crippen molar-refractivity contribution in [1.29, 1.82) is 0 Å². The molecule has 91 valence electrons. The zero-order chi connectivity index (χ0) is 11.6. The van der Waals surface area contributed by atoms with Gasteiger partial charge in [0.15, 0.2) is 5.79 Å². The first-order valence-corrected chi connectivity index (χ1v) is 6.32. The lowest BCUT2D eigenvalue weighted by atomic mass is 10.0. The van der Waals surface area contributed by atoms with E-state index in [1.54, 1.807) is 0 Å². The normalized spacial score (nSPS) is 24.2. The van der Waals surface area contributed by atoms with Crippen LogP contribution in [0.25, 0.3) is 0 Å². The summed E-state index contributed by atoms with van der Waals surface area (Å²) in [5, 5.41) is 0. The summed E-state index contributed by atoms with van der Waals surface area (Å²) in [4.78, 5) is 2.46. The summed E-state index contributed by atoms with van der Waals surface area (Å²) in [6, 6.07) is 11.3. The van der Waals surface area contributed by atoms with Gasteiger partial charge >= 0.3 is 0 Å². The van der Waals surface area contributed by atoms with Gasteiger partial charge in [0.25, 0.3) is 0 Å². The number of piperidine rings is 1. The third kappa shape index (κ3) is 2.51. The maximum atomic E-state index is 5.72. The molecule has 3 nitrogen and oxygen atoms in total. The Balaban J connectivity index is 1.55. The van der Waals surface area contributed by atoms with Gasteiger partial charge in [-0.05, 0) is 17.7 Å². The highest BCUT2D eigenvalue weighted by atomic mass is 16.7. The lowest BCUT2D eigenvalue weighted by Crippen LogP contribution is -2.44. The van der Waals surface area contributed by atoms with Crippen LogP contribution < -0.4 is 0 Å². The number of hydrogen-bond donors (Lipinski definition) is 0. The van der Waals surface area contributed by atoms with Gasteiger partial charge in [0, 0.05) is 32.5 Å². The smallest absolute Gasteiger partial charge is 0.170 e. The van der Waals surface area contributed by atoms with Crippen molar-refractivity contribution >= 4 is 0 Å². The molecular weight excluding hydrogens is 214 g/mol. The number of ether oxygens (including phenoxy) is 2. The summed E-state index contributed by atoms with van der Waals surface area (Å²) in [5.74, 6) is -0.251. The molecule has 3 rings (SSSR count). The van der Waals surface area contributed by atoms with E-state index in [1.165, 1.54) is 5.56 Å². The average molecular weight is 232 g/mol. The largest absolute Gasteiger partial charge is 0.347 e. The lowest BCUT2D eigenvalue weighted by Gasteiger charge is -2.37. The summed E-state index contributed by atoms with van der Waals surface area (Å²) in [6.07, 6.45) is 1.98. The Labute approximate surface area is 102 Å². The lowest BCUT2D eigenvalue weighted by molar-refractivity contribution is -0.185. The van der Waals surface area contributed by atoms with Crippen LogP contribution in [0.4, 0.5) is 0 Å². The van der Waals surface area contributed by atoms with Gasteiger partial charge in [-0.15, -0.1) is 0 Å². The van der Waals surface area contributed by atoms with Crippen LogP contribution >= 0.6 is 0 Å². The van der Waals surface area contributed by atoms with Crippen molar-refractivity contribution in [2.24, 2.45) is 0 Å². The molecule has 0 aliphatic carbocycles. The van der Waals surface area contributed by atoms with E-state index in [0.717, 1.165) is 45.7 Å². The van der Waals surface area contributed by atoms with Gasteiger partial charge in [-0.2, -0.15) is 0 Å². The predicted molar refractivity (Wildman–Crippen MR) is 64.4 cm³/mol. The average Bonchev–Trinajstić information content (AvgIpc) is 2.83. The minimum atomic E-state index is -0.251. The number of rotatable bonds is 2. The van der Waals surface area contributed by atoms with E-state index in [-0.39, 0.29) is 5.79 Å². The molecule has 2 saturated heterocycles. The fourth-order valence-corrected chi connectivity index (χ4v) is 2.62. The van der Waals surface area contributed by atoms with Crippen LogP contribution in [0.2, 0.25) is 0 Å². The second-order valence-corrected chi connectivity index (χ2v) is 4.80. The van der Waals surface area contributed by atoms with E-state index in [1.807, 2.05) is 12.1 Å². The minimum absolute atomic E-state index is 0.251. The second kappa shape index (κ2) is 4.77. The first-order chi connectivity index (χ1) is 8.36. The molecule has 1 spiro atoms. The molecule has 0 aromatic heterocycles. The van der Waals surface area contributed by atoms with Gasteiger partial charge in [0.2, 0.25) is 0 Å². The van der Waals surface area contributed by atoms with Crippen LogP contribution in [0.1, 0.15) is 18.4 Å². The maximum Gasteiger partial charge on any atom is 0.170 e. The molecule has 0 bridgehead atoms. The Kier molecular flexibility index (Phi) is 3.14. The highest BCUT2D eigenvalue weighted by molar-refractivity contribution is 5.13. The van der Waals surface area contributed by atoms with E-state index < -0.39 is 0 Å². The number of benzene rings is 1. The van der Waals surface area contributed by atoms with Crippen LogP contribution in [0.3, 0.4) is 0 Å². The van der Waals surface area contributed by atoms with Crippen LogP contribution in [0.5, 0.6) is 0 Å². The first-order valence-electron chi connectivity index (χ1n) is 6.32. The van der Waals surface area contributed by atoms with Crippen molar-refractivity contribution in [3.8, 4) is 0 Å². The Hall–Kier alpha value is -0.900. The molecule has 0 saturated carbocycles. The Morgan fingerprint density at radius 3 is 2.65 bits per heavy atom. The SMILES string of the molecule is [c]1cccc(CN2CCC3(CC2)OCCO3)c1. The van der Waals surface area contributed by atoms with E-state index in [9.17, 15) is 0 Å². The molecular formula is C14H18NO2. The molecule has 1 aromatic carbocycles. The maximum absolute atomic E-state index is 5.72. The third-order valence-electron chi connectivity index (χ3n) is 3.61. The zero-order valence-corrected chi connectivity index (χ0v) is 10.0. The van der Waals surface area contributed by atoms with Crippen LogP contribution in [-0.4, -0.2) is 37.0 Å². The van der Waals surface area contributed by atoms with E-state index in [2.05, 4.69) is 23.1 Å². The highest BCUT2D eigenvalue weighted by Gasteiger charge is 2.39. The molecule has 0 unspecified atom stereocenters. The minimum Gasteiger partial charge on any atom is -0.347 e. The standard InChI is InChI=1S/C14H18NO2/c1-2-4-13(5-3-1)12-15-8-6-14(7-9-15)16-10-11-17-14/h1-2,4-5H,6-12H2. The summed E-state index contributed by atoms with van der Waals surface area (Å²) in [7, 11) is 0. The predicted octanol–water partition coefficient (Wildman–Crippen LogP) is 1.83. The van der Waals surface area contributed by atoms with Crippen molar-refractivity contribution in [2.45, 2.75) is 25.2 Å². The van der Waals surface area contributed by atoms with Crippen molar-refractivity contribution in [1.82, 2.24) is 4.90 Å². The van der Waals surface area contributed by atoms with Crippen molar-refractivity contribution < 1.29 is 9.47 Å². The van der Waals surface area contributed by atoms with E-state index >= 15 is 0 Å². The fraction of sp³-hybridized carbons (Fsp3) is 0.571. The molecule has 0 N–H and O–H groups in total. The van der Waals surface area contributed by atoms with Gasteiger partial charge in [-0.3, -0.25) is 4.90 Å². The van der Waals surface area contributed by atoms with Gasteiger partial charge in [-0.1, -0.05) is 18.2 Å². The van der Waals surface area contributed by atoms with Gasteiger partial charge in [-0.25, -0.2) is 0 Å². The van der Waals surface area contributed by atoms with Gasteiger partial charge < -0.3 is 9.47 Å². The summed E-state index contributed by atoms with van der Waals surface area (Å²) >= 11 is 0. The third-order valence-corrected chi connectivity index (χ3v) is 3.61. The summed E-state index contributed by atoms with van der Waals surface area (Å²) in [6.45, 7) is 4.62. The van der Waals surface area contributed by atoms with Crippen LogP contribution in [-0.2, 0) is 16.0 Å². The quantitative estimate of drug-likeness (QED) is 0.776. The first kappa shape index (κ1) is 11.2. The van der Waals surface area contributed by atoms with Crippen molar-refractivity contribution in [3.05, 3.63) is 35.9 Å². The molecule has 2 fully saturated rings. The van der Waals surface area contributed by atoms with Crippen molar-refractivity contribution in [2.75, 3.05) is 26.3 Å². The van der Waals surface area contributed by atoms with Crippen LogP contribution in [0.15, 0.2) is 24.3 Å². The Morgan fingerprint density at radius 1 is 1.24 bits per heavy atom. The molecule has 3 heteroatoms. The molecule has 0 amide bonds. The second-order valence-electron chi connectivity index (χ2n) is 4.80. The fourth-order valence-electron chi connectivity index (χ4n) is 2.62. The number of nitrogens with zero attached hydrogens (tertiary/aromatic N) is 1. The summed E-state index contributed by atoms with van der Waals surface area (Å²) in [5.41, 5.74) is 1.33. The molecule has 2 aliphatic rings. The number of hydrogen-bond acceptors (Lipinski definition) is 3. The Bertz CT molecular complexity index is 350. The molecule has 1 aromatic rings. The highest BCUT2D eigenvalue weighted by Crippen LogP contribution is 2.31. The Morgan fingerprint density at radius 2 is 2.00 bits per heavy atom. The molecule has 2 aliphatic heterocycles. The molecule has 0 atom stereocenters. The summed E-state index contributed by atoms with van der Waals surface area (Å²) < 4.78 is 11.4. The van der Waals surface area contributed by atoms with E-state index in [0.29, 0.717) is 0 Å². The van der Waals surface area contributed by atoms with Gasteiger partial charge in [0.1, 0.15) is 0 Å². The van der Waals surface area contributed by atoms with Crippen molar-refractivity contribution in [3.63, 3.8) is 0 Å². The molecule has 2 heterocycles. The topological polar surface area (TPSA) is 21.7 Å². The molecule has 17 heavy (non-hydrogen) atoms. The monoisotopic (exact) mass is 232 g/mol. The molecule has 1 radical (unpaired) electrons. The van der Waals surface area contributed by atoms with Gasteiger partial charge in [0.05, 0.1) is 13.2 Å². The van der Waals surface area contributed by atoms with Crippen LogP contribution in [0, 0.1) is 6.07 Å². The van der Waals surface area contributed by atoms with E-state index in [4.69, 9.17) is 9.47 Å². The zero-order valence-electron chi connectivity index (χ0n) is 10.0. The number of likely N-dealkylation sites (tertiary alicyclic amines) is 1.